The molecule has 12 heteroatoms. The third kappa shape index (κ3) is 5.06. The maximum atomic E-state index is 14.4. The van der Waals surface area contributed by atoms with Crippen molar-refractivity contribution < 1.29 is 30.7 Å². The highest BCUT2D eigenvalue weighted by atomic mass is 35.5. The van der Waals surface area contributed by atoms with Crippen molar-refractivity contribution in [3.8, 4) is 0 Å². The van der Waals surface area contributed by atoms with Crippen molar-refractivity contribution in [1.29, 1.82) is 0 Å². The van der Waals surface area contributed by atoms with Crippen LogP contribution in [-0.4, -0.2) is 19.5 Å². The first-order chi connectivity index (χ1) is 19.7. The van der Waals surface area contributed by atoms with Crippen LogP contribution in [0, 0.1) is 11.6 Å². The fraction of sp³-hybridized carbons (Fsp3) is 0.200. The van der Waals surface area contributed by atoms with Crippen LogP contribution in [0.5, 0.6) is 0 Å². The minimum Gasteiger partial charge on any atom is -0.374 e. The van der Waals surface area contributed by atoms with Crippen molar-refractivity contribution in [2.24, 2.45) is 0 Å². The Morgan fingerprint density at radius 1 is 1.05 bits per heavy atom. The SMILES string of the molecule is C=C(Nc1cc2c(c3c1C(c1cc(F)ccc1Cl)NC3=C)N(CC)C(=C)N2CC(F)F)c1cc(F)cc(C(F)(F)F)c1. The molecule has 0 aliphatic carbocycles. The summed E-state index contributed by atoms with van der Waals surface area (Å²) in [6.07, 6.45) is -7.54. The standard InChI is InChI=1S/C30H24ClF7N4/c1-5-41-16(4)42(13-25(34)35)24-12-23(39-14(2)17-8-18(30(36,37)38)10-20(33)9-17)27-26(29(24)41)15(3)40-28(27)21-11-19(32)6-7-22(21)31/h6-12,25,28,39-40H,2-5,13H2,1H3. The van der Waals surface area contributed by atoms with E-state index < -0.39 is 42.4 Å². The van der Waals surface area contributed by atoms with E-state index in [1.54, 1.807) is 4.90 Å². The zero-order chi connectivity index (χ0) is 30.7. The van der Waals surface area contributed by atoms with Crippen molar-refractivity contribution in [3.63, 3.8) is 0 Å². The number of nitrogens with one attached hydrogen (secondary N) is 2. The molecule has 0 saturated carbocycles. The third-order valence-electron chi connectivity index (χ3n) is 7.18. The number of rotatable bonds is 7. The molecule has 3 aromatic carbocycles. The average Bonchev–Trinajstić information content (AvgIpc) is 3.38. The summed E-state index contributed by atoms with van der Waals surface area (Å²) in [6, 6.07) is 6.53. The van der Waals surface area contributed by atoms with Crippen LogP contribution in [0.4, 0.5) is 47.8 Å². The van der Waals surface area contributed by atoms with Crippen LogP contribution in [0.15, 0.2) is 68.0 Å². The fourth-order valence-corrected chi connectivity index (χ4v) is 5.63. The lowest BCUT2D eigenvalue weighted by Gasteiger charge is -2.23. The molecule has 0 fully saturated rings. The van der Waals surface area contributed by atoms with E-state index >= 15 is 0 Å². The predicted molar refractivity (Wildman–Crippen MR) is 151 cm³/mol. The number of hydrogen-bond donors (Lipinski definition) is 2. The molecule has 0 radical (unpaired) electrons. The van der Waals surface area contributed by atoms with Crippen molar-refractivity contribution >= 4 is 40.1 Å². The molecule has 3 aromatic rings. The molecule has 0 amide bonds. The number of nitrogens with zero attached hydrogens (tertiary/aromatic N) is 2. The number of benzene rings is 3. The Balaban J connectivity index is 1.73. The summed E-state index contributed by atoms with van der Waals surface area (Å²) in [4.78, 5) is 3.07. The first kappa shape index (κ1) is 29.4. The lowest BCUT2D eigenvalue weighted by atomic mass is 9.93. The summed E-state index contributed by atoms with van der Waals surface area (Å²) in [6.45, 7) is 13.4. The summed E-state index contributed by atoms with van der Waals surface area (Å²) in [7, 11) is 0. The Morgan fingerprint density at radius 2 is 1.76 bits per heavy atom. The molecular weight excluding hydrogens is 585 g/mol. The Morgan fingerprint density at radius 3 is 2.40 bits per heavy atom. The van der Waals surface area contributed by atoms with Gasteiger partial charge in [0.05, 0.1) is 29.5 Å². The van der Waals surface area contributed by atoms with Crippen LogP contribution in [0.2, 0.25) is 5.02 Å². The zero-order valence-electron chi connectivity index (χ0n) is 22.1. The Hall–Kier alpha value is -4.12. The number of alkyl halides is 5. The molecule has 0 spiro atoms. The van der Waals surface area contributed by atoms with Crippen LogP contribution >= 0.6 is 11.6 Å². The zero-order valence-corrected chi connectivity index (χ0v) is 22.9. The van der Waals surface area contributed by atoms with Crippen molar-refractivity contribution in [2.75, 3.05) is 28.2 Å². The van der Waals surface area contributed by atoms with E-state index in [1.807, 2.05) is 6.92 Å². The number of fused-ring (bicyclic) bond motifs is 3. The molecule has 1 unspecified atom stereocenters. The highest BCUT2D eigenvalue weighted by Crippen LogP contribution is 2.54. The van der Waals surface area contributed by atoms with Crippen LogP contribution in [0.1, 0.15) is 40.8 Å². The molecule has 220 valence electrons. The minimum atomic E-state index is -4.81. The molecule has 42 heavy (non-hydrogen) atoms. The molecule has 0 bridgehead atoms. The molecule has 2 heterocycles. The Kier molecular flexibility index (Phi) is 7.42. The number of halogens is 8. The second-order valence-corrected chi connectivity index (χ2v) is 10.2. The highest BCUT2D eigenvalue weighted by Gasteiger charge is 2.41. The van der Waals surface area contributed by atoms with Gasteiger partial charge in [0.1, 0.15) is 17.5 Å². The van der Waals surface area contributed by atoms with E-state index in [2.05, 4.69) is 30.4 Å². The molecule has 0 aromatic heterocycles. The van der Waals surface area contributed by atoms with Gasteiger partial charge in [-0.3, -0.25) is 0 Å². The van der Waals surface area contributed by atoms with Gasteiger partial charge in [-0.1, -0.05) is 31.3 Å². The maximum absolute atomic E-state index is 14.4. The highest BCUT2D eigenvalue weighted by molar-refractivity contribution is 6.31. The number of hydrogen-bond acceptors (Lipinski definition) is 4. The first-order valence-electron chi connectivity index (χ1n) is 12.7. The molecule has 5 rings (SSSR count). The third-order valence-corrected chi connectivity index (χ3v) is 7.52. The molecule has 2 aliphatic heterocycles. The van der Waals surface area contributed by atoms with Gasteiger partial charge in [-0.2, -0.15) is 13.2 Å². The van der Waals surface area contributed by atoms with Gasteiger partial charge in [0.15, 0.2) is 0 Å². The summed E-state index contributed by atoms with van der Waals surface area (Å²) < 4.78 is 96.2. The van der Waals surface area contributed by atoms with Gasteiger partial charge < -0.3 is 20.4 Å². The Bertz CT molecular complexity index is 1630. The summed E-state index contributed by atoms with van der Waals surface area (Å²) in [5, 5.41) is 6.37. The van der Waals surface area contributed by atoms with Gasteiger partial charge in [-0.25, -0.2) is 17.6 Å². The van der Waals surface area contributed by atoms with E-state index in [-0.39, 0.29) is 27.8 Å². The van der Waals surface area contributed by atoms with Crippen LogP contribution in [-0.2, 0) is 6.18 Å². The molecular formula is C30H24ClF7N4. The smallest absolute Gasteiger partial charge is 0.374 e. The topological polar surface area (TPSA) is 30.5 Å². The molecule has 0 saturated heterocycles. The molecule has 4 nitrogen and oxygen atoms in total. The largest absolute Gasteiger partial charge is 0.416 e. The minimum absolute atomic E-state index is 0.103. The van der Waals surface area contributed by atoms with E-state index in [1.165, 1.54) is 29.2 Å². The van der Waals surface area contributed by atoms with Gasteiger partial charge >= 0.3 is 6.18 Å². The van der Waals surface area contributed by atoms with Crippen LogP contribution in [0.3, 0.4) is 0 Å². The summed E-state index contributed by atoms with van der Waals surface area (Å²) >= 11 is 6.46. The van der Waals surface area contributed by atoms with E-state index in [9.17, 15) is 30.7 Å². The van der Waals surface area contributed by atoms with E-state index in [4.69, 9.17) is 11.6 Å². The first-order valence-corrected chi connectivity index (χ1v) is 13.1. The van der Waals surface area contributed by atoms with Gasteiger partial charge in [0.25, 0.3) is 6.43 Å². The van der Waals surface area contributed by atoms with Crippen molar-refractivity contribution in [3.05, 3.63) is 112 Å². The van der Waals surface area contributed by atoms with Crippen LogP contribution in [0.25, 0.3) is 11.4 Å². The average molecular weight is 609 g/mol. The van der Waals surface area contributed by atoms with Gasteiger partial charge in [0.2, 0.25) is 0 Å². The molecule has 2 aliphatic rings. The monoisotopic (exact) mass is 608 g/mol. The quantitative estimate of drug-likeness (QED) is 0.263. The fourth-order valence-electron chi connectivity index (χ4n) is 5.41. The maximum Gasteiger partial charge on any atom is 0.416 e. The van der Waals surface area contributed by atoms with E-state index in [0.29, 0.717) is 46.4 Å². The molecule has 1 atom stereocenters. The van der Waals surface area contributed by atoms with Crippen molar-refractivity contribution in [2.45, 2.75) is 25.6 Å². The Labute approximate surface area is 242 Å². The normalized spacial score (nSPS) is 16.2. The second kappa shape index (κ2) is 10.6. The van der Waals surface area contributed by atoms with Gasteiger partial charge in [-0.15, -0.1) is 0 Å². The summed E-state index contributed by atoms with van der Waals surface area (Å²) in [5.41, 5.74) is 1.24. The predicted octanol–water partition coefficient (Wildman–Crippen LogP) is 8.77. The van der Waals surface area contributed by atoms with E-state index in [0.717, 1.165) is 12.1 Å². The van der Waals surface area contributed by atoms with Crippen molar-refractivity contribution in [1.82, 2.24) is 5.32 Å². The molecule has 2 N–H and O–H groups in total. The lowest BCUT2D eigenvalue weighted by molar-refractivity contribution is -0.137. The van der Waals surface area contributed by atoms with Gasteiger partial charge in [-0.05, 0) is 49.4 Å². The van der Waals surface area contributed by atoms with Crippen LogP contribution < -0.4 is 20.4 Å². The summed E-state index contributed by atoms with van der Waals surface area (Å²) in [5.74, 6) is -1.41. The lowest BCUT2D eigenvalue weighted by Crippen LogP contribution is -2.31. The number of anilines is 3. The second-order valence-electron chi connectivity index (χ2n) is 9.79. The van der Waals surface area contributed by atoms with Gasteiger partial charge in [0, 0.05) is 50.9 Å².